The molecule has 0 radical (unpaired) electrons. The van der Waals surface area contributed by atoms with Crippen molar-refractivity contribution in [2.75, 3.05) is 13.2 Å². The molecule has 0 aromatic heterocycles. The highest BCUT2D eigenvalue weighted by Crippen LogP contribution is 2.38. The Labute approximate surface area is 175 Å². The van der Waals surface area contributed by atoms with Crippen LogP contribution in [0.25, 0.3) is 6.08 Å². The Morgan fingerprint density at radius 2 is 1.89 bits per heavy atom. The fourth-order valence-electron chi connectivity index (χ4n) is 2.48. The van der Waals surface area contributed by atoms with Gasteiger partial charge in [-0.25, -0.2) is 9.38 Å². The molecule has 1 N–H and O–H groups in total. The predicted octanol–water partition coefficient (Wildman–Crippen LogP) is 5.28. The molecule has 0 spiro atoms. The largest absolute Gasteiger partial charge is 0.490 e. The van der Waals surface area contributed by atoms with E-state index in [0.717, 1.165) is 10.0 Å². The van der Waals surface area contributed by atoms with Gasteiger partial charge in [-0.3, -0.25) is 4.79 Å². The van der Waals surface area contributed by atoms with Gasteiger partial charge in [0.2, 0.25) is 0 Å². The van der Waals surface area contributed by atoms with E-state index in [2.05, 4.69) is 26.2 Å². The lowest BCUT2D eigenvalue weighted by atomic mass is 10.2. The highest BCUT2D eigenvalue weighted by atomic mass is 79.9. The van der Waals surface area contributed by atoms with Crippen LogP contribution >= 0.6 is 27.7 Å². The number of nitrogens with one attached hydrogen (secondary N) is 1. The second-order valence-electron chi connectivity index (χ2n) is 5.65. The molecule has 1 heterocycles. The number of halogens is 2. The Bertz CT molecular complexity index is 945. The van der Waals surface area contributed by atoms with Gasteiger partial charge >= 0.3 is 0 Å². The van der Waals surface area contributed by atoms with E-state index in [1.165, 1.54) is 23.9 Å². The molecule has 0 unspecified atom stereocenters. The zero-order valence-corrected chi connectivity index (χ0v) is 17.7. The lowest BCUT2D eigenvalue weighted by Gasteiger charge is -2.13. The molecule has 146 valence electrons. The number of hydrogen-bond donors (Lipinski definition) is 1. The minimum absolute atomic E-state index is 0.242. The van der Waals surface area contributed by atoms with Crippen LogP contribution < -0.4 is 14.8 Å². The summed E-state index contributed by atoms with van der Waals surface area (Å²) in [6.45, 7) is 4.81. The molecule has 1 saturated heterocycles. The average molecular weight is 465 g/mol. The summed E-state index contributed by atoms with van der Waals surface area (Å²) in [4.78, 5) is 17.1. The average Bonchev–Trinajstić information content (AvgIpc) is 2.99. The Morgan fingerprint density at radius 3 is 2.57 bits per heavy atom. The quantitative estimate of drug-likeness (QED) is 0.590. The molecule has 8 heteroatoms. The molecule has 0 saturated carbocycles. The molecule has 5 nitrogen and oxygen atoms in total. The maximum absolute atomic E-state index is 13.0. The van der Waals surface area contributed by atoms with Gasteiger partial charge in [0.1, 0.15) is 5.82 Å². The first-order valence-electron chi connectivity index (χ1n) is 8.64. The van der Waals surface area contributed by atoms with Crippen molar-refractivity contribution in [2.24, 2.45) is 4.99 Å². The molecule has 1 fully saturated rings. The number of amides is 1. The summed E-state index contributed by atoms with van der Waals surface area (Å²) in [6.07, 6.45) is 1.76. The Morgan fingerprint density at radius 1 is 1.18 bits per heavy atom. The van der Waals surface area contributed by atoms with Gasteiger partial charge in [-0.15, -0.1) is 0 Å². The van der Waals surface area contributed by atoms with Gasteiger partial charge in [0, 0.05) is 0 Å². The normalized spacial score (nSPS) is 16.5. The first kappa shape index (κ1) is 20.4. The Kier molecular flexibility index (Phi) is 6.74. The molecule has 28 heavy (non-hydrogen) atoms. The van der Waals surface area contributed by atoms with Crippen LogP contribution in [0.2, 0.25) is 0 Å². The first-order chi connectivity index (χ1) is 13.5. The standard InChI is InChI=1S/C20H18BrFN2O3S/c1-3-26-16-10-12(9-15(21)18(16)27-4-2)11-17-19(25)24-20(28-17)23-14-7-5-13(22)6-8-14/h5-11H,3-4H2,1-2H3,(H,23,24,25). The van der Waals surface area contributed by atoms with E-state index in [9.17, 15) is 9.18 Å². The van der Waals surface area contributed by atoms with Gasteiger partial charge in [0.15, 0.2) is 16.7 Å². The highest BCUT2D eigenvalue weighted by molar-refractivity contribution is 9.10. The van der Waals surface area contributed by atoms with Crippen LogP contribution in [0.1, 0.15) is 19.4 Å². The predicted molar refractivity (Wildman–Crippen MR) is 114 cm³/mol. The molecule has 2 aromatic carbocycles. The number of thioether (sulfide) groups is 1. The Balaban J connectivity index is 1.86. The molecule has 3 rings (SSSR count). The smallest absolute Gasteiger partial charge is 0.264 e. The summed E-state index contributed by atoms with van der Waals surface area (Å²) in [5, 5.41) is 3.16. The van der Waals surface area contributed by atoms with Gasteiger partial charge in [0.05, 0.1) is 28.3 Å². The van der Waals surface area contributed by atoms with E-state index >= 15 is 0 Å². The van der Waals surface area contributed by atoms with Crippen LogP contribution in [0.15, 0.2) is 50.8 Å². The highest BCUT2D eigenvalue weighted by Gasteiger charge is 2.24. The lowest BCUT2D eigenvalue weighted by molar-refractivity contribution is -0.115. The minimum Gasteiger partial charge on any atom is -0.490 e. The molecule has 0 bridgehead atoms. The van der Waals surface area contributed by atoms with E-state index in [1.807, 2.05) is 26.0 Å². The van der Waals surface area contributed by atoms with E-state index in [1.54, 1.807) is 18.2 Å². The third kappa shape index (κ3) is 4.94. The number of carbonyl (C=O) groups excluding carboxylic acids is 1. The summed E-state index contributed by atoms with van der Waals surface area (Å²) in [6, 6.07) is 9.44. The summed E-state index contributed by atoms with van der Waals surface area (Å²) in [5.74, 6) is 0.662. The maximum atomic E-state index is 13.0. The van der Waals surface area contributed by atoms with E-state index in [4.69, 9.17) is 9.47 Å². The van der Waals surface area contributed by atoms with Crippen molar-refractivity contribution < 1.29 is 18.7 Å². The van der Waals surface area contributed by atoms with Crippen LogP contribution in [0.5, 0.6) is 11.5 Å². The molecule has 1 aliphatic heterocycles. The fraction of sp³-hybridized carbons (Fsp3) is 0.200. The number of rotatable bonds is 6. The fourth-order valence-corrected chi connectivity index (χ4v) is 3.90. The van der Waals surface area contributed by atoms with Crippen molar-refractivity contribution in [3.8, 4) is 11.5 Å². The zero-order chi connectivity index (χ0) is 20.1. The number of aliphatic imine (C=N–C) groups is 1. The number of ether oxygens (including phenoxy) is 2. The van der Waals surface area contributed by atoms with Gasteiger partial charge < -0.3 is 14.8 Å². The van der Waals surface area contributed by atoms with Crippen LogP contribution in [-0.4, -0.2) is 24.3 Å². The molecular weight excluding hydrogens is 447 g/mol. The van der Waals surface area contributed by atoms with Gasteiger partial charge in [-0.05, 0) is 89.6 Å². The summed E-state index contributed by atoms with van der Waals surface area (Å²) in [5.41, 5.74) is 1.35. The van der Waals surface area contributed by atoms with Crippen molar-refractivity contribution in [2.45, 2.75) is 13.8 Å². The third-order valence-corrected chi connectivity index (χ3v) is 5.13. The van der Waals surface area contributed by atoms with Crippen molar-refractivity contribution in [1.82, 2.24) is 5.32 Å². The SMILES string of the molecule is CCOc1cc(C=C2SC(=Nc3ccc(F)cc3)NC2=O)cc(Br)c1OCC. The van der Waals surface area contributed by atoms with Crippen molar-refractivity contribution in [1.29, 1.82) is 0 Å². The second-order valence-corrected chi connectivity index (χ2v) is 7.54. The molecule has 2 aromatic rings. The lowest BCUT2D eigenvalue weighted by Crippen LogP contribution is -2.19. The van der Waals surface area contributed by atoms with Crippen molar-refractivity contribution in [3.63, 3.8) is 0 Å². The number of hydrogen-bond acceptors (Lipinski definition) is 5. The number of nitrogens with zero attached hydrogens (tertiary/aromatic N) is 1. The van der Waals surface area contributed by atoms with Crippen molar-refractivity contribution in [3.05, 3.63) is 57.2 Å². The van der Waals surface area contributed by atoms with E-state index < -0.39 is 0 Å². The molecule has 1 amide bonds. The van der Waals surface area contributed by atoms with Crippen molar-refractivity contribution >= 4 is 50.5 Å². The maximum Gasteiger partial charge on any atom is 0.264 e. The second kappa shape index (κ2) is 9.25. The van der Waals surface area contributed by atoms with Gasteiger partial charge in [-0.1, -0.05) is 0 Å². The first-order valence-corrected chi connectivity index (χ1v) is 10.3. The zero-order valence-electron chi connectivity index (χ0n) is 15.3. The topological polar surface area (TPSA) is 59.9 Å². The molecule has 0 atom stereocenters. The van der Waals surface area contributed by atoms with Crippen LogP contribution in [0.4, 0.5) is 10.1 Å². The summed E-state index contributed by atoms with van der Waals surface area (Å²) in [7, 11) is 0. The van der Waals surface area contributed by atoms with Crippen LogP contribution in [-0.2, 0) is 4.79 Å². The molecule has 1 aliphatic rings. The monoisotopic (exact) mass is 464 g/mol. The summed E-state index contributed by atoms with van der Waals surface area (Å²) < 4.78 is 25.1. The summed E-state index contributed by atoms with van der Waals surface area (Å²) >= 11 is 4.72. The number of amidine groups is 1. The number of carbonyl (C=O) groups is 1. The number of benzene rings is 2. The van der Waals surface area contributed by atoms with E-state index in [-0.39, 0.29) is 11.7 Å². The van der Waals surface area contributed by atoms with Crippen LogP contribution in [0, 0.1) is 5.82 Å². The molecular formula is C20H18BrFN2O3S. The third-order valence-electron chi connectivity index (χ3n) is 3.63. The molecule has 0 aliphatic carbocycles. The van der Waals surface area contributed by atoms with Gasteiger partial charge in [-0.2, -0.15) is 0 Å². The Hall–Kier alpha value is -2.32. The van der Waals surface area contributed by atoms with Crippen LogP contribution in [0.3, 0.4) is 0 Å². The van der Waals surface area contributed by atoms with E-state index in [0.29, 0.717) is 40.5 Å². The van der Waals surface area contributed by atoms with Gasteiger partial charge in [0.25, 0.3) is 5.91 Å². The minimum atomic E-state index is -0.334.